The van der Waals surface area contributed by atoms with Crippen molar-refractivity contribution in [1.82, 2.24) is 0 Å². The van der Waals surface area contributed by atoms with Crippen LogP contribution in [-0.4, -0.2) is 10.9 Å². The standard InChI is InChI=1S/C21H30O2/c1-2-3-4-5-6-7-10-17-18-12-15-9-8-11-20(22)19(15)13-16(18)14-21(17)23/h8-9,11,16-18,22H,2-7,10,12-14H2,1H3/t16-,17?,18-/m0/s1. The molecule has 1 N–H and O–H groups in total. The van der Waals surface area contributed by atoms with E-state index in [1.807, 2.05) is 6.07 Å². The maximum absolute atomic E-state index is 12.5. The number of carbonyl (C=O) groups excluding carboxylic acids is 1. The molecule has 0 radical (unpaired) electrons. The molecule has 3 rings (SSSR count). The maximum atomic E-state index is 12.5. The summed E-state index contributed by atoms with van der Waals surface area (Å²) < 4.78 is 0. The molecule has 2 nitrogen and oxygen atoms in total. The Labute approximate surface area is 140 Å². The lowest BCUT2D eigenvalue weighted by Gasteiger charge is -2.30. The van der Waals surface area contributed by atoms with Crippen LogP contribution in [0.1, 0.15) is 69.4 Å². The minimum Gasteiger partial charge on any atom is -0.508 e. The molecule has 23 heavy (non-hydrogen) atoms. The second kappa shape index (κ2) is 7.51. The Bertz CT molecular complexity index is 549. The number of benzene rings is 1. The van der Waals surface area contributed by atoms with Crippen molar-refractivity contribution < 1.29 is 9.90 Å². The van der Waals surface area contributed by atoms with Crippen molar-refractivity contribution in [2.45, 2.75) is 71.1 Å². The van der Waals surface area contributed by atoms with Gasteiger partial charge in [-0.1, -0.05) is 57.6 Å². The second-order valence-electron chi connectivity index (χ2n) is 7.58. The van der Waals surface area contributed by atoms with Gasteiger partial charge in [-0.3, -0.25) is 4.79 Å². The van der Waals surface area contributed by atoms with Crippen LogP contribution in [0.25, 0.3) is 0 Å². The summed E-state index contributed by atoms with van der Waals surface area (Å²) in [5.74, 6) is 2.18. The van der Waals surface area contributed by atoms with E-state index in [1.165, 1.54) is 44.1 Å². The first-order valence-corrected chi connectivity index (χ1v) is 9.53. The quantitative estimate of drug-likeness (QED) is 0.714. The minimum absolute atomic E-state index is 0.279. The topological polar surface area (TPSA) is 37.3 Å². The Balaban J connectivity index is 1.57. The molecule has 2 aliphatic rings. The van der Waals surface area contributed by atoms with Gasteiger partial charge in [-0.15, -0.1) is 0 Å². The SMILES string of the molecule is CCCCCCCCC1C(=O)C[C@@H]2Cc3c(O)cccc3C[C@H]12. The molecule has 3 atom stereocenters. The van der Waals surface area contributed by atoms with Crippen molar-refractivity contribution >= 4 is 5.78 Å². The third-order valence-electron chi connectivity index (χ3n) is 6.04. The van der Waals surface area contributed by atoms with Crippen LogP contribution in [0, 0.1) is 17.8 Å². The van der Waals surface area contributed by atoms with Gasteiger partial charge in [0.15, 0.2) is 0 Å². The molecule has 0 spiro atoms. The largest absolute Gasteiger partial charge is 0.508 e. The van der Waals surface area contributed by atoms with Gasteiger partial charge in [-0.25, -0.2) is 0 Å². The van der Waals surface area contributed by atoms with Gasteiger partial charge >= 0.3 is 0 Å². The Hall–Kier alpha value is -1.31. The molecule has 0 aromatic heterocycles. The Morgan fingerprint density at radius 1 is 1.04 bits per heavy atom. The molecule has 1 saturated carbocycles. The van der Waals surface area contributed by atoms with E-state index >= 15 is 0 Å². The van der Waals surface area contributed by atoms with E-state index in [-0.39, 0.29) is 5.92 Å². The molecule has 0 saturated heterocycles. The fourth-order valence-corrected chi connectivity index (χ4v) is 4.74. The number of rotatable bonds is 7. The van der Waals surface area contributed by atoms with E-state index in [9.17, 15) is 9.90 Å². The Morgan fingerprint density at radius 2 is 1.83 bits per heavy atom. The number of aromatic hydroxyl groups is 1. The zero-order valence-electron chi connectivity index (χ0n) is 14.4. The first kappa shape index (κ1) is 16.5. The summed E-state index contributed by atoms with van der Waals surface area (Å²) in [7, 11) is 0. The molecular formula is C21H30O2. The van der Waals surface area contributed by atoms with Crippen molar-refractivity contribution in [3.05, 3.63) is 29.3 Å². The van der Waals surface area contributed by atoms with E-state index in [2.05, 4.69) is 13.0 Å². The van der Waals surface area contributed by atoms with Crippen LogP contribution in [0.5, 0.6) is 5.75 Å². The van der Waals surface area contributed by atoms with Gasteiger partial charge in [0.25, 0.3) is 0 Å². The fourth-order valence-electron chi connectivity index (χ4n) is 4.74. The predicted molar refractivity (Wildman–Crippen MR) is 93.6 cm³/mol. The lowest BCUT2D eigenvalue weighted by atomic mass is 9.73. The van der Waals surface area contributed by atoms with Crippen LogP contribution < -0.4 is 0 Å². The highest BCUT2D eigenvalue weighted by Gasteiger charge is 2.44. The van der Waals surface area contributed by atoms with Crippen molar-refractivity contribution in [2.24, 2.45) is 17.8 Å². The minimum atomic E-state index is 0.279. The number of fused-ring (bicyclic) bond motifs is 2. The average molecular weight is 314 g/mol. The van der Waals surface area contributed by atoms with E-state index < -0.39 is 0 Å². The van der Waals surface area contributed by atoms with Crippen LogP contribution in [0.2, 0.25) is 0 Å². The third-order valence-corrected chi connectivity index (χ3v) is 6.04. The summed E-state index contributed by atoms with van der Waals surface area (Å²) in [5, 5.41) is 10.1. The molecular weight excluding hydrogens is 284 g/mol. The summed E-state index contributed by atoms with van der Waals surface area (Å²) >= 11 is 0. The van der Waals surface area contributed by atoms with Gasteiger partial charge in [0.05, 0.1) is 0 Å². The lowest BCUT2D eigenvalue weighted by Crippen LogP contribution is -2.26. The zero-order valence-corrected chi connectivity index (χ0v) is 14.4. The van der Waals surface area contributed by atoms with Crippen LogP contribution in [0.15, 0.2) is 18.2 Å². The van der Waals surface area contributed by atoms with E-state index in [0.717, 1.165) is 31.2 Å². The van der Waals surface area contributed by atoms with Crippen LogP contribution in [0.4, 0.5) is 0 Å². The molecule has 0 heterocycles. The van der Waals surface area contributed by atoms with Crippen molar-refractivity contribution in [3.63, 3.8) is 0 Å². The first-order chi connectivity index (χ1) is 11.2. The van der Waals surface area contributed by atoms with Gasteiger partial charge in [0, 0.05) is 12.3 Å². The average Bonchev–Trinajstić information content (AvgIpc) is 2.84. The Kier molecular flexibility index (Phi) is 5.40. The van der Waals surface area contributed by atoms with Gasteiger partial charge in [0.2, 0.25) is 0 Å². The van der Waals surface area contributed by atoms with Gasteiger partial charge < -0.3 is 5.11 Å². The van der Waals surface area contributed by atoms with E-state index in [0.29, 0.717) is 23.4 Å². The van der Waals surface area contributed by atoms with E-state index in [1.54, 1.807) is 6.07 Å². The maximum Gasteiger partial charge on any atom is 0.136 e. The Morgan fingerprint density at radius 3 is 2.65 bits per heavy atom. The number of ketones is 1. The zero-order chi connectivity index (χ0) is 16.2. The number of phenolic OH excluding ortho intramolecular Hbond substituents is 1. The highest BCUT2D eigenvalue weighted by Crippen LogP contribution is 2.46. The number of phenols is 1. The number of hydrogen-bond donors (Lipinski definition) is 1. The monoisotopic (exact) mass is 314 g/mol. The molecule has 1 fully saturated rings. The van der Waals surface area contributed by atoms with Crippen LogP contribution in [0.3, 0.4) is 0 Å². The summed E-state index contributed by atoms with van der Waals surface area (Å²) in [6.07, 6.45) is 11.5. The lowest BCUT2D eigenvalue weighted by molar-refractivity contribution is -0.121. The predicted octanol–water partition coefficient (Wildman–Crippen LogP) is 5.06. The summed E-state index contributed by atoms with van der Waals surface area (Å²) in [6.45, 7) is 2.25. The molecule has 0 bridgehead atoms. The number of Topliss-reactive ketones (excluding diaryl/α,β-unsaturated/α-hetero) is 1. The van der Waals surface area contributed by atoms with E-state index in [4.69, 9.17) is 0 Å². The second-order valence-corrected chi connectivity index (χ2v) is 7.58. The number of carbonyl (C=O) groups is 1. The van der Waals surface area contributed by atoms with Gasteiger partial charge in [0.1, 0.15) is 11.5 Å². The molecule has 2 aliphatic carbocycles. The summed E-state index contributed by atoms with van der Waals surface area (Å²) in [5.41, 5.74) is 2.37. The molecule has 0 aliphatic heterocycles. The van der Waals surface area contributed by atoms with Crippen molar-refractivity contribution in [3.8, 4) is 5.75 Å². The van der Waals surface area contributed by atoms with Crippen molar-refractivity contribution in [1.29, 1.82) is 0 Å². The first-order valence-electron chi connectivity index (χ1n) is 9.53. The molecule has 1 aromatic carbocycles. The normalized spacial score (nSPS) is 26.1. The number of hydrogen-bond acceptors (Lipinski definition) is 2. The highest BCUT2D eigenvalue weighted by atomic mass is 16.3. The number of unbranched alkanes of at least 4 members (excludes halogenated alkanes) is 5. The van der Waals surface area contributed by atoms with Crippen molar-refractivity contribution in [2.75, 3.05) is 0 Å². The molecule has 2 heteroatoms. The fraction of sp³-hybridized carbons (Fsp3) is 0.667. The van der Waals surface area contributed by atoms with Crippen LogP contribution >= 0.6 is 0 Å². The van der Waals surface area contributed by atoms with Gasteiger partial charge in [-0.2, -0.15) is 0 Å². The highest BCUT2D eigenvalue weighted by molar-refractivity contribution is 5.84. The van der Waals surface area contributed by atoms with Gasteiger partial charge in [-0.05, 0) is 48.3 Å². The summed E-state index contributed by atoms with van der Waals surface area (Å²) in [4.78, 5) is 12.5. The van der Waals surface area contributed by atoms with Crippen LogP contribution in [-0.2, 0) is 17.6 Å². The molecule has 1 aromatic rings. The molecule has 126 valence electrons. The third kappa shape index (κ3) is 3.62. The molecule has 1 unspecified atom stereocenters. The molecule has 0 amide bonds. The smallest absolute Gasteiger partial charge is 0.136 e. The summed E-state index contributed by atoms with van der Waals surface area (Å²) in [6, 6.07) is 5.85.